The van der Waals surface area contributed by atoms with Crippen molar-refractivity contribution in [1.82, 2.24) is 25.8 Å². The van der Waals surface area contributed by atoms with Gasteiger partial charge in [0.2, 0.25) is 35.4 Å². The number of nitrogens with two attached hydrogens (primary N) is 3. The third-order valence-electron chi connectivity index (χ3n) is 8.97. The van der Waals surface area contributed by atoms with Crippen LogP contribution in [0.5, 0.6) is 0 Å². The van der Waals surface area contributed by atoms with Gasteiger partial charge in [-0.1, -0.05) is 32.4 Å². The predicted molar refractivity (Wildman–Crippen MR) is 213 cm³/mol. The molecule has 20 nitrogen and oxygen atoms in total. The molecule has 0 radical (unpaired) electrons. The Labute approximate surface area is 341 Å². The van der Waals surface area contributed by atoms with Crippen molar-refractivity contribution in [3.8, 4) is 0 Å². The zero-order valence-electron chi connectivity index (χ0n) is 33.4. The first-order chi connectivity index (χ1) is 27.4. The van der Waals surface area contributed by atoms with Gasteiger partial charge in [-0.25, -0.2) is 15.5 Å². The topological polar surface area (TPSA) is 305 Å². The number of carbonyl (C=O) groups is 9. The van der Waals surface area contributed by atoms with Gasteiger partial charge in [0.25, 0.3) is 0 Å². The number of Topliss-reactive ketones (excluding diaryl/α,β-unsaturated/α-hetero) is 1. The highest BCUT2D eigenvalue weighted by Gasteiger charge is 2.39. The number of thioether (sulfide) groups is 1. The first kappa shape index (κ1) is 48.9. The number of nitrogens with zero attached hydrogens (tertiary/aromatic N) is 2. The van der Waals surface area contributed by atoms with Crippen molar-refractivity contribution in [2.24, 2.45) is 29.2 Å². The van der Waals surface area contributed by atoms with Crippen molar-refractivity contribution in [1.29, 1.82) is 0 Å². The van der Waals surface area contributed by atoms with Gasteiger partial charge in [-0.3, -0.25) is 43.3 Å². The molecule has 0 bridgehead atoms. The summed E-state index contributed by atoms with van der Waals surface area (Å²) in [6.07, 6.45) is 1.30. The third-order valence-corrected chi connectivity index (χ3v) is 10.3. The Morgan fingerprint density at radius 1 is 0.948 bits per heavy atom. The molecule has 0 aromatic heterocycles. The van der Waals surface area contributed by atoms with Gasteiger partial charge in [-0.05, 0) is 49.3 Å². The van der Waals surface area contributed by atoms with Crippen molar-refractivity contribution in [2.45, 2.75) is 89.2 Å². The molecule has 2 rings (SSSR count). The van der Waals surface area contributed by atoms with Crippen LogP contribution in [0.25, 0.3) is 0 Å². The molecule has 1 heterocycles. The Bertz CT molecular complexity index is 1610. The first-order valence-corrected chi connectivity index (χ1v) is 19.9. The van der Waals surface area contributed by atoms with Crippen LogP contribution in [0.2, 0.25) is 0 Å². The molecule has 4 atom stereocenters. The highest BCUT2D eigenvalue weighted by Crippen LogP contribution is 2.26. The number of anilines is 1. The van der Waals surface area contributed by atoms with E-state index < -0.39 is 65.6 Å². The van der Waals surface area contributed by atoms with Crippen molar-refractivity contribution in [2.75, 3.05) is 44.9 Å². The summed E-state index contributed by atoms with van der Waals surface area (Å²) in [6.45, 7) is 3.45. The number of unbranched alkanes of at least 4 members (excludes halogenated alkanes) is 2. The predicted octanol–water partition coefficient (Wildman–Crippen LogP) is 0.270. The van der Waals surface area contributed by atoms with Crippen LogP contribution in [0, 0.1) is 11.8 Å². The van der Waals surface area contributed by atoms with E-state index in [9.17, 15) is 43.2 Å². The maximum Gasteiger partial charge on any atom is 0.409 e. The smallest absolute Gasteiger partial charge is 0.409 e. The number of likely N-dealkylation sites (tertiary alicyclic amines) is 1. The summed E-state index contributed by atoms with van der Waals surface area (Å²) in [5.74, 6) is 0.345. The van der Waals surface area contributed by atoms with Gasteiger partial charge in [0.05, 0.1) is 11.3 Å². The lowest BCUT2D eigenvalue weighted by Crippen LogP contribution is -2.48. The third kappa shape index (κ3) is 17.5. The van der Waals surface area contributed by atoms with E-state index in [4.69, 9.17) is 22.1 Å². The van der Waals surface area contributed by atoms with Gasteiger partial charge in [0, 0.05) is 63.8 Å². The van der Waals surface area contributed by atoms with Crippen LogP contribution in [0.1, 0.15) is 70.8 Å². The van der Waals surface area contributed by atoms with E-state index in [0.717, 1.165) is 16.7 Å². The maximum atomic E-state index is 13.6. The fourth-order valence-electron chi connectivity index (χ4n) is 5.79. The van der Waals surface area contributed by atoms with Gasteiger partial charge < -0.3 is 42.4 Å². The lowest BCUT2D eigenvalue weighted by molar-refractivity contribution is -0.138. The molecule has 1 aliphatic rings. The molecule has 1 saturated heterocycles. The molecule has 21 heteroatoms. The number of urea groups is 1. The Morgan fingerprint density at radius 2 is 1.64 bits per heavy atom. The summed E-state index contributed by atoms with van der Waals surface area (Å²) < 4.78 is 5.17. The summed E-state index contributed by atoms with van der Waals surface area (Å²) in [4.78, 5) is 119. The molecule has 58 heavy (non-hydrogen) atoms. The van der Waals surface area contributed by atoms with Crippen LogP contribution < -0.4 is 38.6 Å². The van der Waals surface area contributed by atoms with Crippen molar-refractivity contribution in [3.05, 3.63) is 29.8 Å². The van der Waals surface area contributed by atoms with E-state index in [0.29, 0.717) is 36.9 Å². The molecule has 322 valence electrons. The quantitative estimate of drug-likeness (QED) is 0.0375. The molecule has 1 aromatic rings. The van der Waals surface area contributed by atoms with Crippen molar-refractivity contribution >= 4 is 70.8 Å². The standard InChI is InChI=1S/C37H57N9O11S/c1-22(2)32(27(47)17-24(9-8-15-41-36(39)54)34(52)42-25-13-11-23(12-14-25)19-56-37(55)45(3)4)44-29(48)10-6-5-7-16-46-31(50)18-28(35(46)53)58-21-26(33(38)51)43-30(49)20-57-40/h11-14,22,24,26,28,32H,5-10,15-21,40H2,1-4H3,(H2,38,51)(H,42,52)(H,43,49)(H,44,48)(H3,39,41,54)/t24-,26?,28?,32+/m1/s1. The number of imide groups is 1. The number of nitrogens with one attached hydrogen (secondary N) is 4. The monoisotopic (exact) mass is 835 g/mol. The van der Waals surface area contributed by atoms with Crippen LogP contribution in [0.4, 0.5) is 15.3 Å². The highest BCUT2D eigenvalue weighted by molar-refractivity contribution is 8.00. The summed E-state index contributed by atoms with van der Waals surface area (Å²) in [5, 5.41) is 9.70. The van der Waals surface area contributed by atoms with Crippen LogP contribution in [-0.2, 0) is 49.7 Å². The number of amides is 9. The largest absolute Gasteiger partial charge is 0.445 e. The number of rotatable bonds is 26. The second-order valence-corrected chi connectivity index (χ2v) is 15.5. The number of hydrogen-bond acceptors (Lipinski definition) is 13. The van der Waals surface area contributed by atoms with E-state index >= 15 is 0 Å². The zero-order valence-corrected chi connectivity index (χ0v) is 34.2. The average Bonchev–Trinajstić information content (AvgIpc) is 3.43. The number of carbonyl (C=O) groups excluding carboxylic acids is 9. The summed E-state index contributed by atoms with van der Waals surface area (Å²) in [6, 6.07) is 4.00. The Balaban J connectivity index is 1.90. The highest BCUT2D eigenvalue weighted by atomic mass is 32.2. The molecule has 2 unspecified atom stereocenters. The minimum atomic E-state index is -1.09. The Kier molecular flexibility index (Phi) is 21.2. The zero-order chi connectivity index (χ0) is 43.4. The molecule has 1 fully saturated rings. The molecule has 9 amide bonds. The fraction of sp³-hybridized carbons (Fsp3) is 0.595. The Hall–Kier alpha value is -5.28. The molecule has 0 spiro atoms. The molecule has 10 N–H and O–H groups in total. The lowest BCUT2D eigenvalue weighted by Gasteiger charge is -2.24. The van der Waals surface area contributed by atoms with Crippen LogP contribution in [0.15, 0.2) is 24.3 Å². The minimum Gasteiger partial charge on any atom is -0.445 e. The lowest BCUT2D eigenvalue weighted by atomic mass is 9.89. The van der Waals surface area contributed by atoms with E-state index in [2.05, 4.69) is 26.1 Å². The average molecular weight is 836 g/mol. The summed E-state index contributed by atoms with van der Waals surface area (Å²) in [5.41, 5.74) is 11.7. The molecule has 1 aromatic carbocycles. The number of benzene rings is 1. The minimum absolute atomic E-state index is 0.0330. The normalized spacial score (nSPS) is 15.3. The van der Waals surface area contributed by atoms with E-state index in [1.807, 2.05) is 0 Å². The summed E-state index contributed by atoms with van der Waals surface area (Å²) in [7, 11) is 3.14. The van der Waals surface area contributed by atoms with Gasteiger partial charge in [-0.15, -0.1) is 11.8 Å². The van der Waals surface area contributed by atoms with Gasteiger partial charge in [0.1, 0.15) is 19.3 Å². The molecule has 0 aliphatic carbocycles. The molecular formula is C37H57N9O11S. The number of ketones is 1. The van der Waals surface area contributed by atoms with Crippen LogP contribution in [-0.4, -0.2) is 120 Å². The number of primary amides is 2. The molecular weight excluding hydrogens is 779 g/mol. The maximum absolute atomic E-state index is 13.6. The summed E-state index contributed by atoms with van der Waals surface area (Å²) >= 11 is 1.03. The van der Waals surface area contributed by atoms with Gasteiger partial charge in [0.15, 0.2) is 5.78 Å². The number of hydrogen-bond donors (Lipinski definition) is 7. The molecule has 0 saturated carbocycles. The van der Waals surface area contributed by atoms with Crippen LogP contribution >= 0.6 is 11.8 Å². The second-order valence-electron chi connectivity index (χ2n) is 14.3. The second kappa shape index (κ2) is 25.2. The fourth-order valence-corrected chi connectivity index (χ4v) is 6.99. The van der Waals surface area contributed by atoms with Crippen molar-refractivity contribution in [3.63, 3.8) is 0 Å². The van der Waals surface area contributed by atoms with Crippen molar-refractivity contribution < 1.29 is 52.7 Å². The number of ether oxygens (including phenoxy) is 1. The SMILES string of the molecule is CC(C)[C@H](NC(=O)CCCCCN1C(=O)CC(SCC(NC(=O)CON)C(N)=O)C1=O)C(=O)C[C@@H](CCCNC(N)=O)C(=O)Nc1ccc(COC(=O)N(C)C)cc1. The first-order valence-electron chi connectivity index (χ1n) is 18.9. The van der Waals surface area contributed by atoms with E-state index in [-0.39, 0.29) is 74.6 Å². The van der Waals surface area contributed by atoms with E-state index in [1.165, 1.54) is 4.90 Å². The molecule has 1 aliphatic heterocycles. The van der Waals surface area contributed by atoms with Gasteiger partial charge >= 0.3 is 12.1 Å². The van der Waals surface area contributed by atoms with E-state index in [1.54, 1.807) is 52.2 Å². The van der Waals surface area contributed by atoms with Gasteiger partial charge in [-0.2, -0.15) is 0 Å². The van der Waals surface area contributed by atoms with Crippen LogP contribution in [0.3, 0.4) is 0 Å². The Morgan fingerprint density at radius 3 is 2.24 bits per heavy atom.